The maximum absolute atomic E-state index is 10.8. The summed E-state index contributed by atoms with van der Waals surface area (Å²) in [5.41, 5.74) is 2.87. The Morgan fingerprint density at radius 2 is 1.95 bits per heavy atom. The molecule has 0 heterocycles. The van der Waals surface area contributed by atoms with E-state index in [1.54, 1.807) is 30.3 Å². The van der Waals surface area contributed by atoms with Crippen LogP contribution in [0.2, 0.25) is 0 Å². The van der Waals surface area contributed by atoms with Gasteiger partial charge in [0.2, 0.25) is 0 Å². The molecule has 0 saturated heterocycles. The van der Waals surface area contributed by atoms with Gasteiger partial charge in [-0.1, -0.05) is 18.2 Å². The predicted molar refractivity (Wildman–Crippen MR) is 76.7 cm³/mol. The Hall–Kier alpha value is -2.80. The van der Waals surface area contributed by atoms with Crippen molar-refractivity contribution in [3.8, 4) is 6.07 Å². The number of carbonyl (C=O) groups is 1. The van der Waals surface area contributed by atoms with E-state index in [9.17, 15) is 4.79 Å². The second-order valence-corrected chi connectivity index (χ2v) is 4.52. The lowest BCUT2D eigenvalue weighted by Crippen LogP contribution is -2.16. The van der Waals surface area contributed by atoms with Crippen molar-refractivity contribution in [2.24, 2.45) is 0 Å². The SMILES string of the molecule is CN(Cc1ccc(C(=O)O)cc1)c1cccc(C#N)c1. The zero-order chi connectivity index (χ0) is 14.5. The van der Waals surface area contributed by atoms with E-state index < -0.39 is 5.97 Å². The number of hydrogen-bond donors (Lipinski definition) is 1. The summed E-state index contributed by atoms with van der Waals surface area (Å²) in [6, 6.07) is 16.3. The van der Waals surface area contributed by atoms with Crippen molar-refractivity contribution in [1.29, 1.82) is 5.26 Å². The van der Waals surface area contributed by atoms with Crippen LogP contribution in [0.25, 0.3) is 0 Å². The van der Waals surface area contributed by atoms with Gasteiger partial charge in [-0.3, -0.25) is 0 Å². The summed E-state index contributed by atoms with van der Waals surface area (Å²) in [4.78, 5) is 12.8. The van der Waals surface area contributed by atoms with Gasteiger partial charge in [-0.25, -0.2) is 4.79 Å². The third-order valence-corrected chi connectivity index (χ3v) is 3.04. The number of nitriles is 1. The third-order valence-electron chi connectivity index (χ3n) is 3.04. The fourth-order valence-corrected chi connectivity index (χ4v) is 1.93. The number of aromatic carboxylic acids is 1. The Balaban J connectivity index is 2.12. The summed E-state index contributed by atoms with van der Waals surface area (Å²) in [5.74, 6) is -0.924. The molecule has 0 spiro atoms. The molecule has 0 aliphatic heterocycles. The fourth-order valence-electron chi connectivity index (χ4n) is 1.93. The van der Waals surface area contributed by atoms with Gasteiger partial charge in [-0.2, -0.15) is 5.26 Å². The van der Waals surface area contributed by atoms with E-state index in [4.69, 9.17) is 10.4 Å². The largest absolute Gasteiger partial charge is 0.478 e. The number of anilines is 1. The summed E-state index contributed by atoms with van der Waals surface area (Å²) < 4.78 is 0. The Morgan fingerprint density at radius 3 is 2.55 bits per heavy atom. The molecule has 20 heavy (non-hydrogen) atoms. The van der Waals surface area contributed by atoms with Crippen LogP contribution < -0.4 is 4.90 Å². The first-order chi connectivity index (χ1) is 9.60. The van der Waals surface area contributed by atoms with Crippen LogP contribution in [-0.2, 0) is 6.54 Å². The van der Waals surface area contributed by atoms with Gasteiger partial charge in [0.15, 0.2) is 0 Å². The Labute approximate surface area is 117 Å². The van der Waals surface area contributed by atoms with Gasteiger partial charge in [0, 0.05) is 19.3 Å². The van der Waals surface area contributed by atoms with Gasteiger partial charge in [0.1, 0.15) is 0 Å². The zero-order valence-electron chi connectivity index (χ0n) is 11.1. The zero-order valence-corrected chi connectivity index (χ0v) is 11.1. The molecule has 0 aliphatic carbocycles. The molecular formula is C16H14N2O2. The smallest absolute Gasteiger partial charge is 0.335 e. The lowest BCUT2D eigenvalue weighted by Gasteiger charge is -2.19. The number of carboxylic acid groups (broad SMARTS) is 1. The van der Waals surface area contributed by atoms with Crippen LogP contribution in [-0.4, -0.2) is 18.1 Å². The first kappa shape index (κ1) is 13.6. The molecule has 2 aromatic rings. The van der Waals surface area contributed by atoms with Crippen molar-refractivity contribution in [3.05, 3.63) is 65.2 Å². The van der Waals surface area contributed by atoms with E-state index in [0.717, 1.165) is 11.3 Å². The standard InChI is InChI=1S/C16H14N2O2/c1-18(15-4-2-3-13(9-15)10-17)11-12-5-7-14(8-6-12)16(19)20/h2-9H,11H2,1H3,(H,19,20). The molecule has 0 atom stereocenters. The summed E-state index contributed by atoms with van der Waals surface area (Å²) in [7, 11) is 1.93. The fraction of sp³-hybridized carbons (Fsp3) is 0.125. The second-order valence-electron chi connectivity index (χ2n) is 4.52. The molecule has 0 radical (unpaired) electrons. The molecule has 0 unspecified atom stereocenters. The normalized spacial score (nSPS) is 9.80. The minimum atomic E-state index is -0.924. The Morgan fingerprint density at radius 1 is 1.25 bits per heavy atom. The van der Waals surface area contributed by atoms with Crippen molar-refractivity contribution >= 4 is 11.7 Å². The van der Waals surface area contributed by atoms with Crippen LogP contribution in [0, 0.1) is 11.3 Å². The van der Waals surface area contributed by atoms with Crippen molar-refractivity contribution in [2.45, 2.75) is 6.54 Å². The van der Waals surface area contributed by atoms with Crippen molar-refractivity contribution in [3.63, 3.8) is 0 Å². The van der Waals surface area contributed by atoms with E-state index in [-0.39, 0.29) is 5.56 Å². The molecule has 0 amide bonds. The molecule has 4 nitrogen and oxygen atoms in total. The van der Waals surface area contributed by atoms with E-state index in [0.29, 0.717) is 12.1 Å². The third kappa shape index (κ3) is 3.15. The molecule has 0 saturated carbocycles. The van der Waals surface area contributed by atoms with Gasteiger partial charge in [-0.15, -0.1) is 0 Å². The molecule has 0 fully saturated rings. The lowest BCUT2D eigenvalue weighted by molar-refractivity contribution is 0.0697. The highest BCUT2D eigenvalue weighted by Crippen LogP contribution is 2.17. The van der Waals surface area contributed by atoms with Gasteiger partial charge < -0.3 is 10.0 Å². The van der Waals surface area contributed by atoms with Gasteiger partial charge in [0.05, 0.1) is 17.2 Å². The van der Waals surface area contributed by atoms with Crippen LogP contribution in [0.15, 0.2) is 48.5 Å². The Bertz CT molecular complexity index is 657. The molecule has 2 aromatic carbocycles. The van der Waals surface area contributed by atoms with Crippen molar-refractivity contribution < 1.29 is 9.90 Å². The summed E-state index contributed by atoms with van der Waals surface area (Å²) in [6.45, 7) is 0.648. The average molecular weight is 266 g/mol. The van der Waals surface area contributed by atoms with Crippen LogP contribution >= 0.6 is 0 Å². The molecule has 0 bridgehead atoms. The first-order valence-corrected chi connectivity index (χ1v) is 6.13. The van der Waals surface area contributed by atoms with Crippen LogP contribution in [0.1, 0.15) is 21.5 Å². The first-order valence-electron chi connectivity index (χ1n) is 6.13. The van der Waals surface area contributed by atoms with Crippen molar-refractivity contribution in [2.75, 3.05) is 11.9 Å². The number of nitrogens with zero attached hydrogens (tertiary/aromatic N) is 2. The highest BCUT2D eigenvalue weighted by molar-refractivity contribution is 5.87. The minimum absolute atomic E-state index is 0.280. The summed E-state index contributed by atoms with van der Waals surface area (Å²) in [5, 5.41) is 17.7. The average Bonchev–Trinajstić information content (AvgIpc) is 2.47. The van der Waals surface area contributed by atoms with Crippen LogP contribution in [0.3, 0.4) is 0 Å². The number of hydrogen-bond acceptors (Lipinski definition) is 3. The monoisotopic (exact) mass is 266 g/mol. The number of carboxylic acids is 1. The van der Waals surface area contributed by atoms with Crippen LogP contribution in [0.4, 0.5) is 5.69 Å². The maximum atomic E-state index is 10.8. The van der Waals surface area contributed by atoms with Gasteiger partial charge in [0.25, 0.3) is 0 Å². The molecule has 1 N–H and O–H groups in total. The van der Waals surface area contributed by atoms with Gasteiger partial charge >= 0.3 is 5.97 Å². The Kier molecular flexibility index (Phi) is 4.02. The molecule has 100 valence electrons. The van der Waals surface area contributed by atoms with E-state index in [1.165, 1.54) is 0 Å². The molecule has 0 aromatic heterocycles. The molecular weight excluding hydrogens is 252 g/mol. The minimum Gasteiger partial charge on any atom is -0.478 e. The van der Waals surface area contributed by atoms with Crippen LogP contribution in [0.5, 0.6) is 0 Å². The second kappa shape index (κ2) is 5.89. The molecule has 2 rings (SSSR count). The van der Waals surface area contributed by atoms with E-state index in [1.807, 2.05) is 30.1 Å². The summed E-state index contributed by atoms with van der Waals surface area (Å²) >= 11 is 0. The predicted octanol–water partition coefficient (Wildman–Crippen LogP) is 2.89. The number of rotatable bonds is 4. The van der Waals surface area contributed by atoms with E-state index in [2.05, 4.69) is 6.07 Å². The molecule has 0 aliphatic rings. The highest BCUT2D eigenvalue weighted by Gasteiger charge is 2.05. The number of benzene rings is 2. The quantitative estimate of drug-likeness (QED) is 0.924. The summed E-state index contributed by atoms with van der Waals surface area (Å²) in [6.07, 6.45) is 0. The van der Waals surface area contributed by atoms with Crippen molar-refractivity contribution in [1.82, 2.24) is 0 Å². The maximum Gasteiger partial charge on any atom is 0.335 e. The topological polar surface area (TPSA) is 64.3 Å². The molecule has 4 heteroatoms. The highest BCUT2D eigenvalue weighted by atomic mass is 16.4. The van der Waals surface area contributed by atoms with E-state index >= 15 is 0 Å². The van der Waals surface area contributed by atoms with Gasteiger partial charge in [-0.05, 0) is 35.9 Å². The lowest BCUT2D eigenvalue weighted by atomic mass is 10.1.